The molecular weight excluding hydrogens is 202 g/mol. The number of pyridine rings is 1. The maximum Gasteiger partial charge on any atom is 0.0755 e. The number of aryl methyl sites for hydroxylation is 2. The fourth-order valence-corrected chi connectivity index (χ4v) is 1.71. The topological polar surface area (TPSA) is 68.8 Å². The van der Waals surface area contributed by atoms with E-state index in [1.807, 2.05) is 32.6 Å². The first-order chi connectivity index (χ1) is 7.70. The van der Waals surface area contributed by atoms with Crippen LogP contribution < -0.4 is 11.3 Å². The first kappa shape index (κ1) is 10.8. The maximum absolute atomic E-state index is 5.58. The lowest BCUT2D eigenvalue weighted by molar-refractivity contribution is 0.633. The van der Waals surface area contributed by atoms with Crippen LogP contribution in [0.15, 0.2) is 30.9 Å². The van der Waals surface area contributed by atoms with Crippen molar-refractivity contribution in [2.75, 3.05) is 0 Å². The highest BCUT2D eigenvalue weighted by Gasteiger charge is 2.14. The molecule has 0 amide bonds. The van der Waals surface area contributed by atoms with Crippen molar-refractivity contribution in [3.63, 3.8) is 0 Å². The molecule has 0 bridgehead atoms. The average molecular weight is 217 g/mol. The average Bonchev–Trinajstić information content (AvgIpc) is 2.66. The molecule has 0 saturated carbocycles. The molecule has 1 unspecified atom stereocenters. The first-order valence-corrected chi connectivity index (χ1v) is 5.07. The molecule has 0 aromatic carbocycles. The molecule has 5 heteroatoms. The van der Waals surface area contributed by atoms with Gasteiger partial charge in [-0.25, -0.2) is 5.43 Å². The van der Waals surface area contributed by atoms with Crippen LogP contribution in [0.1, 0.15) is 22.7 Å². The van der Waals surface area contributed by atoms with Gasteiger partial charge in [0.25, 0.3) is 0 Å². The molecular formula is C11H15N5. The van der Waals surface area contributed by atoms with Gasteiger partial charge in [-0.2, -0.15) is 5.10 Å². The Balaban J connectivity index is 2.36. The molecule has 16 heavy (non-hydrogen) atoms. The number of nitrogens with one attached hydrogen (secondary N) is 1. The van der Waals surface area contributed by atoms with E-state index in [0.29, 0.717) is 0 Å². The van der Waals surface area contributed by atoms with Gasteiger partial charge >= 0.3 is 0 Å². The summed E-state index contributed by atoms with van der Waals surface area (Å²) in [6.07, 6.45) is 7.37. The quantitative estimate of drug-likeness (QED) is 0.586. The molecule has 1 atom stereocenters. The Morgan fingerprint density at radius 2 is 2.12 bits per heavy atom. The smallest absolute Gasteiger partial charge is 0.0755 e. The summed E-state index contributed by atoms with van der Waals surface area (Å²) < 4.78 is 1.75. The standard InChI is InChI=1S/C11H15N5/c1-8-3-9(5-13-4-8)11(15-12)10-6-14-16(2)7-10/h3-7,11,15H,12H2,1-2H3. The van der Waals surface area contributed by atoms with Gasteiger partial charge in [0.2, 0.25) is 0 Å². The zero-order valence-corrected chi connectivity index (χ0v) is 9.38. The Kier molecular flexibility index (Phi) is 2.98. The second kappa shape index (κ2) is 4.42. The van der Waals surface area contributed by atoms with Crippen molar-refractivity contribution in [3.05, 3.63) is 47.5 Å². The van der Waals surface area contributed by atoms with E-state index >= 15 is 0 Å². The first-order valence-electron chi connectivity index (χ1n) is 5.07. The summed E-state index contributed by atoms with van der Waals surface area (Å²) in [7, 11) is 1.88. The molecule has 5 nitrogen and oxygen atoms in total. The number of hydrazine groups is 1. The van der Waals surface area contributed by atoms with Gasteiger partial charge in [-0.05, 0) is 18.1 Å². The van der Waals surface area contributed by atoms with Crippen molar-refractivity contribution in [3.8, 4) is 0 Å². The fraction of sp³-hybridized carbons (Fsp3) is 0.273. The molecule has 84 valence electrons. The van der Waals surface area contributed by atoms with E-state index < -0.39 is 0 Å². The van der Waals surface area contributed by atoms with Gasteiger partial charge in [0.15, 0.2) is 0 Å². The lowest BCUT2D eigenvalue weighted by Gasteiger charge is -2.14. The monoisotopic (exact) mass is 217 g/mol. The Hall–Kier alpha value is -1.72. The molecule has 3 N–H and O–H groups in total. The van der Waals surface area contributed by atoms with Crippen molar-refractivity contribution in [2.45, 2.75) is 13.0 Å². The van der Waals surface area contributed by atoms with Gasteiger partial charge in [0, 0.05) is 31.2 Å². The van der Waals surface area contributed by atoms with Crippen LogP contribution in [0.4, 0.5) is 0 Å². The lowest BCUT2D eigenvalue weighted by Crippen LogP contribution is -2.28. The van der Waals surface area contributed by atoms with E-state index in [2.05, 4.69) is 21.6 Å². The second-order valence-corrected chi connectivity index (χ2v) is 3.84. The highest BCUT2D eigenvalue weighted by molar-refractivity contribution is 5.28. The van der Waals surface area contributed by atoms with Crippen molar-refractivity contribution in [1.82, 2.24) is 20.2 Å². The molecule has 2 heterocycles. The summed E-state index contributed by atoms with van der Waals surface area (Å²) in [6, 6.07) is 1.99. The summed E-state index contributed by atoms with van der Waals surface area (Å²) in [5.74, 6) is 5.58. The van der Waals surface area contributed by atoms with Gasteiger partial charge in [-0.3, -0.25) is 15.5 Å². The number of nitrogens with zero attached hydrogens (tertiary/aromatic N) is 3. The minimum Gasteiger partial charge on any atom is -0.275 e. The lowest BCUT2D eigenvalue weighted by atomic mass is 10.0. The number of hydrogen-bond acceptors (Lipinski definition) is 4. The molecule has 0 aliphatic carbocycles. The van der Waals surface area contributed by atoms with Crippen molar-refractivity contribution < 1.29 is 0 Å². The Morgan fingerprint density at radius 1 is 1.31 bits per heavy atom. The Bertz CT molecular complexity index is 477. The summed E-state index contributed by atoms with van der Waals surface area (Å²) >= 11 is 0. The normalized spacial score (nSPS) is 12.7. The summed E-state index contributed by atoms with van der Waals surface area (Å²) in [6.45, 7) is 2.01. The molecule has 2 rings (SSSR count). The van der Waals surface area contributed by atoms with Crippen LogP contribution in [-0.4, -0.2) is 14.8 Å². The number of nitrogens with two attached hydrogens (primary N) is 1. The fourth-order valence-electron chi connectivity index (χ4n) is 1.71. The van der Waals surface area contributed by atoms with Crippen LogP contribution >= 0.6 is 0 Å². The molecule has 0 saturated heterocycles. The number of aromatic nitrogens is 3. The SMILES string of the molecule is Cc1cncc(C(NN)c2cnn(C)c2)c1. The van der Waals surface area contributed by atoms with Gasteiger partial charge in [-0.15, -0.1) is 0 Å². The predicted octanol–water partition coefficient (Wildman–Crippen LogP) is 0.676. The molecule has 0 aliphatic heterocycles. The van der Waals surface area contributed by atoms with Gasteiger partial charge in [0.05, 0.1) is 12.2 Å². The molecule has 2 aromatic rings. The van der Waals surface area contributed by atoms with Gasteiger partial charge in [0.1, 0.15) is 0 Å². The van der Waals surface area contributed by atoms with Crippen molar-refractivity contribution in [2.24, 2.45) is 12.9 Å². The van der Waals surface area contributed by atoms with E-state index in [1.54, 1.807) is 10.9 Å². The van der Waals surface area contributed by atoms with Crippen LogP contribution in [0.2, 0.25) is 0 Å². The van der Waals surface area contributed by atoms with Crippen molar-refractivity contribution in [1.29, 1.82) is 0 Å². The molecule has 0 aliphatic rings. The predicted molar refractivity (Wildman–Crippen MR) is 61.3 cm³/mol. The number of rotatable bonds is 3. The van der Waals surface area contributed by atoms with Crippen molar-refractivity contribution >= 4 is 0 Å². The van der Waals surface area contributed by atoms with Gasteiger partial charge < -0.3 is 0 Å². The van der Waals surface area contributed by atoms with E-state index in [9.17, 15) is 0 Å². The number of hydrogen-bond donors (Lipinski definition) is 2. The third-order valence-electron chi connectivity index (χ3n) is 2.45. The molecule has 2 aromatic heterocycles. The Morgan fingerprint density at radius 3 is 2.69 bits per heavy atom. The van der Waals surface area contributed by atoms with Crippen LogP contribution in [0.25, 0.3) is 0 Å². The second-order valence-electron chi connectivity index (χ2n) is 3.84. The van der Waals surface area contributed by atoms with E-state index in [-0.39, 0.29) is 6.04 Å². The van der Waals surface area contributed by atoms with Gasteiger partial charge in [-0.1, -0.05) is 6.07 Å². The Labute approximate surface area is 94.3 Å². The van der Waals surface area contributed by atoms with Crippen LogP contribution in [-0.2, 0) is 7.05 Å². The highest BCUT2D eigenvalue weighted by atomic mass is 15.3. The molecule has 0 fully saturated rings. The summed E-state index contributed by atoms with van der Waals surface area (Å²) in [5.41, 5.74) is 5.96. The highest BCUT2D eigenvalue weighted by Crippen LogP contribution is 2.20. The zero-order valence-electron chi connectivity index (χ0n) is 9.38. The minimum absolute atomic E-state index is 0.0684. The molecule has 0 radical (unpaired) electrons. The van der Waals surface area contributed by atoms with Crippen LogP contribution in [0.3, 0.4) is 0 Å². The van der Waals surface area contributed by atoms with Crippen LogP contribution in [0, 0.1) is 6.92 Å². The maximum atomic E-state index is 5.58. The van der Waals surface area contributed by atoms with Crippen LogP contribution in [0.5, 0.6) is 0 Å². The summed E-state index contributed by atoms with van der Waals surface area (Å²) in [4.78, 5) is 4.16. The molecule has 0 spiro atoms. The van der Waals surface area contributed by atoms with E-state index in [1.165, 1.54) is 0 Å². The van der Waals surface area contributed by atoms with E-state index in [4.69, 9.17) is 5.84 Å². The van der Waals surface area contributed by atoms with E-state index in [0.717, 1.165) is 16.7 Å². The largest absolute Gasteiger partial charge is 0.275 e. The minimum atomic E-state index is -0.0684. The third kappa shape index (κ3) is 2.10. The third-order valence-corrected chi connectivity index (χ3v) is 2.45. The zero-order chi connectivity index (χ0) is 11.5. The summed E-state index contributed by atoms with van der Waals surface area (Å²) in [5, 5.41) is 4.13.